The van der Waals surface area contributed by atoms with Crippen molar-refractivity contribution in [3.05, 3.63) is 64.2 Å². The molecule has 2 aliphatic heterocycles. The lowest BCUT2D eigenvalue weighted by Crippen LogP contribution is -2.55. The third-order valence-electron chi connectivity index (χ3n) is 7.30. The van der Waals surface area contributed by atoms with Gasteiger partial charge in [0, 0.05) is 61.3 Å². The minimum atomic E-state index is -0.531. The molecule has 0 bridgehead atoms. The molecule has 0 spiro atoms. The Morgan fingerprint density at radius 1 is 1.12 bits per heavy atom. The second kappa shape index (κ2) is 11.3. The third-order valence-corrected chi connectivity index (χ3v) is 7.30. The predicted octanol–water partition coefficient (Wildman–Crippen LogP) is 3.57. The largest absolute Gasteiger partial charge is 0.474 e. The molecule has 1 saturated heterocycles. The number of aromatic nitrogens is 2. The van der Waals surface area contributed by atoms with Gasteiger partial charge in [0.1, 0.15) is 17.9 Å². The van der Waals surface area contributed by atoms with Gasteiger partial charge in [-0.15, -0.1) is 0 Å². The minimum absolute atomic E-state index is 0.0187. The molecule has 3 aromatic rings. The van der Waals surface area contributed by atoms with Gasteiger partial charge >= 0.3 is 0 Å². The van der Waals surface area contributed by atoms with Gasteiger partial charge in [0.05, 0.1) is 17.6 Å². The maximum atomic E-state index is 13.3. The zero-order valence-corrected chi connectivity index (χ0v) is 23.2. The van der Waals surface area contributed by atoms with E-state index in [9.17, 15) is 14.4 Å². The van der Waals surface area contributed by atoms with Crippen LogP contribution in [0.5, 0.6) is 5.88 Å². The highest BCUT2D eigenvalue weighted by Crippen LogP contribution is 2.34. The van der Waals surface area contributed by atoms with E-state index in [2.05, 4.69) is 37.7 Å². The predicted molar refractivity (Wildman–Crippen MR) is 156 cm³/mol. The van der Waals surface area contributed by atoms with Gasteiger partial charge in [-0.1, -0.05) is 13.8 Å². The average molecular weight is 546 g/mol. The van der Waals surface area contributed by atoms with Crippen molar-refractivity contribution in [2.24, 2.45) is 5.92 Å². The fourth-order valence-electron chi connectivity index (χ4n) is 5.10. The van der Waals surface area contributed by atoms with E-state index in [0.717, 1.165) is 30.0 Å². The summed E-state index contributed by atoms with van der Waals surface area (Å²) in [7, 11) is 0. The maximum absolute atomic E-state index is 13.3. The van der Waals surface area contributed by atoms with E-state index >= 15 is 0 Å². The molecule has 5 rings (SSSR count). The molecule has 0 radical (unpaired) electrons. The molecule has 11 heteroatoms. The van der Waals surface area contributed by atoms with Crippen molar-refractivity contribution in [1.29, 1.82) is 0 Å². The number of amides is 2. The topological polar surface area (TPSA) is 132 Å². The third kappa shape index (κ3) is 5.45. The summed E-state index contributed by atoms with van der Waals surface area (Å²) in [4.78, 5) is 49.6. The molecule has 11 nitrogen and oxygen atoms in total. The highest BCUT2D eigenvalue weighted by Gasteiger charge is 2.29. The standard InChI is InChI=1S/C29H35N7O4/c1-17(2)29(39)36-13-12-35(16-18(36)3)21-7-5-20(6-8-21)33-27(38)24-22(9-10-31-26(24)37)34-23-15-32-28-25(19(23)4)30-11-14-40-28/h5-10,15,17-18,30H,11-14,16H2,1-4H3,(H,33,38)(H2,31,34,37)/t18-/m1/s1. The Labute approximate surface area is 232 Å². The molecule has 2 amide bonds. The van der Waals surface area contributed by atoms with Crippen molar-refractivity contribution in [2.75, 3.05) is 53.6 Å². The van der Waals surface area contributed by atoms with Gasteiger partial charge in [-0.2, -0.15) is 0 Å². The van der Waals surface area contributed by atoms with Gasteiger partial charge in [-0.05, 0) is 44.2 Å². The van der Waals surface area contributed by atoms with Crippen LogP contribution in [0.3, 0.4) is 0 Å². The van der Waals surface area contributed by atoms with Crippen LogP contribution in [-0.2, 0) is 4.79 Å². The summed E-state index contributed by atoms with van der Waals surface area (Å²) in [5, 5.41) is 9.33. The number of nitrogens with one attached hydrogen (secondary N) is 4. The summed E-state index contributed by atoms with van der Waals surface area (Å²) in [6.45, 7) is 11.2. The average Bonchev–Trinajstić information content (AvgIpc) is 2.94. The summed E-state index contributed by atoms with van der Waals surface area (Å²) in [6.07, 6.45) is 3.12. The number of pyridine rings is 2. The van der Waals surface area contributed by atoms with E-state index in [1.807, 2.05) is 49.9 Å². The van der Waals surface area contributed by atoms with Crippen LogP contribution < -0.4 is 31.1 Å². The molecule has 4 heterocycles. The molecule has 1 aromatic carbocycles. The Morgan fingerprint density at radius 2 is 1.90 bits per heavy atom. The van der Waals surface area contributed by atoms with Crippen molar-refractivity contribution >= 4 is 40.3 Å². The van der Waals surface area contributed by atoms with E-state index in [-0.39, 0.29) is 23.4 Å². The van der Waals surface area contributed by atoms with Crippen molar-refractivity contribution in [3.8, 4) is 5.88 Å². The smallest absolute Gasteiger partial charge is 0.263 e. The fourth-order valence-corrected chi connectivity index (χ4v) is 5.10. The first kappa shape index (κ1) is 27.0. The van der Waals surface area contributed by atoms with E-state index in [0.29, 0.717) is 42.6 Å². The lowest BCUT2D eigenvalue weighted by molar-refractivity contribution is -0.136. The van der Waals surface area contributed by atoms with Gasteiger partial charge in [0.2, 0.25) is 11.8 Å². The second-order valence-corrected chi connectivity index (χ2v) is 10.5. The Morgan fingerprint density at radius 3 is 2.62 bits per heavy atom. The van der Waals surface area contributed by atoms with Crippen LogP contribution in [0, 0.1) is 12.8 Å². The number of rotatable bonds is 6. The number of ether oxygens (including phenoxy) is 1. The van der Waals surface area contributed by atoms with Gasteiger partial charge < -0.3 is 35.5 Å². The highest BCUT2D eigenvalue weighted by molar-refractivity contribution is 6.08. The number of hydrogen-bond acceptors (Lipinski definition) is 8. The van der Waals surface area contributed by atoms with Gasteiger partial charge in [0.15, 0.2) is 0 Å². The highest BCUT2D eigenvalue weighted by atomic mass is 16.5. The maximum Gasteiger partial charge on any atom is 0.263 e. The zero-order valence-electron chi connectivity index (χ0n) is 23.2. The normalized spacial score (nSPS) is 16.6. The van der Waals surface area contributed by atoms with Crippen LogP contribution in [0.2, 0.25) is 0 Å². The number of fused-ring (bicyclic) bond motifs is 1. The van der Waals surface area contributed by atoms with Crippen LogP contribution in [0.15, 0.2) is 47.5 Å². The number of benzene rings is 1. The number of aromatic amines is 1. The number of anilines is 5. The first-order valence-corrected chi connectivity index (χ1v) is 13.5. The van der Waals surface area contributed by atoms with Crippen LogP contribution in [0.25, 0.3) is 0 Å². The monoisotopic (exact) mass is 545 g/mol. The fraction of sp³-hybridized carbons (Fsp3) is 0.379. The molecule has 1 atom stereocenters. The first-order chi connectivity index (χ1) is 19.2. The van der Waals surface area contributed by atoms with E-state index in [4.69, 9.17) is 4.74 Å². The number of H-pyrrole nitrogens is 1. The van der Waals surface area contributed by atoms with Crippen LogP contribution in [0.4, 0.5) is 28.4 Å². The summed E-state index contributed by atoms with van der Waals surface area (Å²) < 4.78 is 5.59. The van der Waals surface area contributed by atoms with Gasteiger partial charge in [0.25, 0.3) is 11.5 Å². The molecule has 1 fully saturated rings. The SMILES string of the molecule is Cc1c(Nc2cc[nH]c(=O)c2C(=O)Nc2ccc(N3CCN(C(=O)C(C)C)[C@H](C)C3)cc2)cnc2c1NCCO2. The Hall–Kier alpha value is -4.54. The van der Waals surface area contributed by atoms with E-state index in [1.165, 1.54) is 6.20 Å². The number of hydrogen-bond donors (Lipinski definition) is 4. The summed E-state index contributed by atoms with van der Waals surface area (Å²) in [6, 6.07) is 9.26. The van der Waals surface area contributed by atoms with Gasteiger partial charge in [-0.3, -0.25) is 14.4 Å². The Balaban J connectivity index is 1.29. The molecule has 0 saturated carbocycles. The van der Waals surface area contributed by atoms with Crippen LogP contribution in [-0.4, -0.2) is 65.5 Å². The Kier molecular flexibility index (Phi) is 7.63. The second-order valence-electron chi connectivity index (χ2n) is 10.5. The number of carbonyl (C=O) groups excluding carboxylic acids is 2. The van der Waals surface area contributed by atoms with Crippen molar-refractivity contribution in [2.45, 2.75) is 33.7 Å². The first-order valence-electron chi connectivity index (χ1n) is 13.5. The minimum Gasteiger partial charge on any atom is -0.474 e. The molecule has 2 aromatic heterocycles. The van der Waals surface area contributed by atoms with Crippen LogP contribution in [0.1, 0.15) is 36.7 Å². The molecule has 4 N–H and O–H groups in total. The molecule has 2 aliphatic rings. The summed E-state index contributed by atoms with van der Waals surface area (Å²) >= 11 is 0. The molecule has 0 aliphatic carbocycles. The van der Waals surface area contributed by atoms with E-state index in [1.54, 1.807) is 12.3 Å². The van der Waals surface area contributed by atoms with Crippen molar-refractivity contribution in [1.82, 2.24) is 14.9 Å². The lowest BCUT2D eigenvalue weighted by Gasteiger charge is -2.41. The molecular formula is C29H35N7O4. The molecule has 210 valence electrons. The number of nitrogens with zero attached hydrogens (tertiary/aromatic N) is 3. The zero-order chi connectivity index (χ0) is 28.4. The molecule has 0 unspecified atom stereocenters. The summed E-state index contributed by atoms with van der Waals surface area (Å²) in [5.41, 5.74) is 3.71. The van der Waals surface area contributed by atoms with Gasteiger partial charge in [-0.25, -0.2) is 4.98 Å². The summed E-state index contributed by atoms with van der Waals surface area (Å²) in [5.74, 6) is 0.159. The lowest BCUT2D eigenvalue weighted by atomic mass is 10.1. The quantitative estimate of drug-likeness (QED) is 0.370. The van der Waals surface area contributed by atoms with Crippen molar-refractivity contribution in [3.63, 3.8) is 0 Å². The van der Waals surface area contributed by atoms with Crippen molar-refractivity contribution < 1.29 is 14.3 Å². The Bertz CT molecular complexity index is 1470. The molecule has 40 heavy (non-hydrogen) atoms. The molecular weight excluding hydrogens is 510 g/mol. The van der Waals surface area contributed by atoms with Crippen LogP contribution >= 0.6 is 0 Å². The number of carbonyl (C=O) groups is 2. The number of piperazine rings is 1. The van der Waals surface area contributed by atoms with E-state index < -0.39 is 11.5 Å².